The molecule has 26 heavy (non-hydrogen) atoms. The Labute approximate surface area is 155 Å². The molecule has 0 nitrogen and oxygen atoms in total. The highest BCUT2D eigenvalue weighted by Crippen LogP contribution is 2.31. The van der Waals surface area contributed by atoms with Crippen LogP contribution in [0.1, 0.15) is 16.7 Å². The molecule has 1 aliphatic rings. The third kappa shape index (κ3) is 2.56. The van der Waals surface area contributed by atoms with Crippen molar-refractivity contribution in [2.24, 2.45) is 0 Å². The molecule has 1 aliphatic heterocycles. The summed E-state index contributed by atoms with van der Waals surface area (Å²) < 4.78 is 0. The average molecular weight is 332 g/mol. The maximum Gasteiger partial charge on any atom is 0.185 e. The first-order valence-corrected chi connectivity index (χ1v) is 9.45. The molecule has 0 aromatic heterocycles. The van der Waals surface area contributed by atoms with Crippen molar-refractivity contribution in [3.63, 3.8) is 0 Å². The fourth-order valence-corrected chi connectivity index (χ4v) is 4.65. The topological polar surface area (TPSA) is 0 Å². The van der Waals surface area contributed by atoms with Gasteiger partial charge in [0.15, 0.2) is 6.71 Å². The quantitative estimate of drug-likeness (QED) is 0.432. The lowest BCUT2D eigenvalue weighted by Gasteiger charge is -2.25. The Morgan fingerprint density at radius 2 is 1.46 bits per heavy atom. The van der Waals surface area contributed by atoms with Gasteiger partial charge in [0.1, 0.15) is 0 Å². The molecule has 0 saturated carbocycles. The van der Waals surface area contributed by atoms with Gasteiger partial charge in [0, 0.05) is 0 Å². The van der Waals surface area contributed by atoms with Gasteiger partial charge in [0.25, 0.3) is 0 Å². The molecule has 0 atom stereocenters. The summed E-state index contributed by atoms with van der Waals surface area (Å²) in [7, 11) is 0. The molecule has 1 heterocycles. The maximum absolute atomic E-state index is 2.39. The number of rotatable bonds is 2. The van der Waals surface area contributed by atoms with Gasteiger partial charge in [-0.1, -0.05) is 96.0 Å². The standard InChI is InChI=1S/C25H21B/c1-18-14-20-10-7-11-21-16-26(17-22(15-18)25(20)21)24-13-6-5-12-23(24)19-8-3-2-4-9-19/h2-15H,16-17H2,1H3. The third-order valence-electron chi connectivity index (χ3n) is 5.71. The number of aryl methyl sites for hydroxylation is 1. The van der Waals surface area contributed by atoms with Gasteiger partial charge in [-0.25, -0.2) is 0 Å². The molecule has 0 amide bonds. The first-order valence-electron chi connectivity index (χ1n) is 9.45. The summed E-state index contributed by atoms with van der Waals surface area (Å²) in [5, 5.41) is 2.89. The van der Waals surface area contributed by atoms with E-state index in [0.717, 1.165) is 12.6 Å². The van der Waals surface area contributed by atoms with Crippen LogP contribution in [-0.4, -0.2) is 6.71 Å². The zero-order chi connectivity index (χ0) is 17.5. The van der Waals surface area contributed by atoms with Crippen molar-refractivity contribution in [2.45, 2.75) is 19.6 Å². The van der Waals surface area contributed by atoms with Gasteiger partial charge in [-0.05, 0) is 52.6 Å². The van der Waals surface area contributed by atoms with Crippen LogP contribution in [0.4, 0.5) is 0 Å². The van der Waals surface area contributed by atoms with E-state index < -0.39 is 0 Å². The smallest absolute Gasteiger partial charge is 0.0717 e. The van der Waals surface area contributed by atoms with Crippen LogP contribution in [0.5, 0.6) is 0 Å². The van der Waals surface area contributed by atoms with E-state index in [1.807, 2.05) is 0 Å². The molecule has 0 N–H and O–H groups in total. The number of hydrogen-bond acceptors (Lipinski definition) is 0. The number of benzene rings is 4. The van der Waals surface area contributed by atoms with Crippen LogP contribution in [-0.2, 0) is 12.6 Å². The van der Waals surface area contributed by atoms with Gasteiger partial charge in [-0.15, -0.1) is 0 Å². The highest BCUT2D eigenvalue weighted by molar-refractivity contribution is 6.74. The Bertz CT molecular complexity index is 1100. The van der Waals surface area contributed by atoms with Crippen molar-refractivity contribution in [1.29, 1.82) is 0 Å². The fraction of sp³-hybridized carbons (Fsp3) is 0.120. The highest BCUT2D eigenvalue weighted by Gasteiger charge is 2.27. The molecule has 0 aliphatic carbocycles. The lowest BCUT2D eigenvalue weighted by atomic mass is 9.36. The molecular weight excluding hydrogens is 311 g/mol. The van der Waals surface area contributed by atoms with E-state index in [1.165, 1.54) is 44.1 Å². The fourth-order valence-electron chi connectivity index (χ4n) is 4.65. The summed E-state index contributed by atoms with van der Waals surface area (Å²) >= 11 is 0. The zero-order valence-electron chi connectivity index (χ0n) is 15.1. The van der Waals surface area contributed by atoms with Gasteiger partial charge in [-0.3, -0.25) is 0 Å². The van der Waals surface area contributed by atoms with Gasteiger partial charge in [-0.2, -0.15) is 0 Å². The van der Waals surface area contributed by atoms with Crippen LogP contribution < -0.4 is 5.46 Å². The van der Waals surface area contributed by atoms with Crippen molar-refractivity contribution in [3.8, 4) is 11.1 Å². The van der Waals surface area contributed by atoms with E-state index in [9.17, 15) is 0 Å². The molecule has 5 rings (SSSR count). The van der Waals surface area contributed by atoms with E-state index in [4.69, 9.17) is 0 Å². The Kier molecular flexibility index (Phi) is 3.67. The van der Waals surface area contributed by atoms with Crippen LogP contribution in [0.3, 0.4) is 0 Å². The normalized spacial score (nSPS) is 13.2. The molecule has 0 fully saturated rings. The summed E-state index contributed by atoms with van der Waals surface area (Å²) in [6.07, 6.45) is 2.25. The predicted octanol–water partition coefficient (Wildman–Crippen LogP) is 5.39. The Hall–Kier alpha value is -2.80. The van der Waals surface area contributed by atoms with Gasteiger partial charge in [0.05, 0.1) is 0 Å². The minimum atomic E-state index is 0.534. The van der Waals surface area contributed by atoms with Crippen LogP contribution in [0, 0.1) is 6.92 Å². The third-order valence-corrected chi connectivity index (χ3v) is 5.71. The SMILES string of the molecule is Cc1cc2c3c(cccc3c1)CB(c1ccccc1-c1ccccc1)C2. The summed E-state index contributed by atoms with van der Waals surface area (Å²) in [5.41, 5.74) is 8.54. The largest absolute Gasteiger partial charge is 0.185 e. The molecule has 4 aromatic carbocycles. The Morgan fingerprint density at radius 1 is 0.692 bits per heavy atom. The average Bonchev–Trinajstić information content (AvgIpc) is 2.68. The summed E-state index contributed by atoms with van der Waals surface area (Å²) in [6, 6.07) is 31.3. The highest BCUT2D eigenvalue weighted by atomic mass is 14.1. The van der Waals surface area contributed by atoms with Crippen molar-refractivity contribution < 1.29 is 0 Å². The van der Waals surface area contributed by atoms with Crippen LogP contribution >= 0.6 is 0 Å². The van der Waals surface area contributed by atoms with Crippen LogP contribution in [0.2, 0.25) is 0 Å². The summed E-state index contributed by atoms with van der Waals surface area (Å²) in [6.45, 7) is 2.75. The predicted molar refractivity (Wildman–Crippen MR) is 113 cm³/mol. The van der Waals surface area contributed by atoms with E-state index in [-0.39, 0.29) is 0 Å². The molecule has 0 unspecified atom stereocenters. The lowest BCUT2D eigenvalue weighted by Crippen LogP contribution is -2.39. The van der Waals surface area contributed by atoms with E-state index in [0.29, 0.717) is 6.71 Å². The molecule has 0 radical (unpaired) electrons. The number of hydrogen-bond donors (Lipinski definition) is 0. The molecule has 4 aromatic rings. The molecule has 0 spiro atoms. The maximum atomic E-state index is 2.39. The minimum absolute atomic E-state index is 0.534. The molecule has 0 saturated heterocycles. The Morgan fingerprint density at radius 3 is 2.35 bits per heavy atom. The summed E-state index contributed by atoms with van der Waals surface area (Å²) in [4.78, 5) is 0. The lowest BCUT2D eigenvalue weighted by molar-refractivity contribution is 1.24. The second kappa shape index (κ2) is 6.18. The monoisotopic (exact) mass is 332 g/mol. The van der Waals surface area contributed by atoms with Crippen LogP contribution in [0.25, 0.3) is 21.9 Å². The molecule has 0 bridgehead atoms. The molecule has 1 heteroatoms. The summed E-state index contributed by atoms with van der Waals surface area (Å²) in [5.74, 6) is 0. The van der Waals surface area contributed by atoms with Crippen molar-refractivity contribution in [1.82, 2.24) is 0 Å². The first-order chi connectivity index (χ1) is 12.8. The zero-order valence-corrected chi connectivity index (χ0v) is 15.1. The first kappa shape index (κ1) is 15.5. The Balaban J connectivity index is 1.64. The second-order valence-electron chi connectivity index (χ2n) is 7.50. The van der Waals surface area contributed by atoms with Crippen molar-refractivity contribution in [3.05, 3.63) is 102 Å². The second-order valence-corrected chi connectivity index (χ2v) is 7.50. The van der Waals surface area contributed by atoms with Gasteiger partial charge >= 0.3 is 0 Å². The van der Waals surface area contributed by atoms with E-state index >= 15 is 0 Å². The minimum Gasteiger partial charge on any atom is -0.0717 e. The van der Waals surface area contributed by atoms with Crippen LogP contribution in [0.15, 0.2) is 84.9 Å². The van der Waals surface area contributed by atoms with E-state index in [1.54, 1.807) is 0 Å². The van der Waals surface area contributed by atoms with Gasteiger partial charge < -0.3 is 0 Å². The molecule has 124 valence electrons. The van der Waals surface area contributed by atoms with Gasteiger partial charge in [0.2, 0.25) is 0 Å². The van der Waals surface area contributed by atoms with E-state index in [2.05, 4.69) is 91.9 Å². The van der Waals surface area contributed by atoms with Crippen molar-refractivity contribution >= 4 is 22.9 Å². The molecular formula is C25H21B. The van der Waals surface area contributed by atoms with Crippen molar-refractivity contribution in [2.75, 3.05) is 0 Å².